The Labute approximate surface area is 125 Å². The van der Waals surface area contributed by atoms with Crippen LogP contribution >= 0.6 is 0 Å². The predicted octanol–water partition coefficient (Wildman–Crippen LogP) is 1.45. The zero-order valence-corrected chi connectivity index (χ0v) is 12.5. The van der Waals surface area contributed by atoms with E-state index in [1.165, 1.54) is 12.8 Å². The number of nitrogens with two attached hydrogens (primary N) is 1. The highest BCUT2D eigenvalue weighted by Crippen LogP contribution is 2.31. The van der Waals surface area contributed by atoms with Gasteiger partial charge < -0.3 is 20.3 Å². The van der Waals surface area contributed by atoms with Crippen LogP contribution in [0.25, 0.3) is 0 Å². The predicted molar refractivity (Wildman–Crippen MR) is 82.5 cm³/mol. The normalized spacial score (nSPS) is 19.6. The second kappa shape index (κ2) is 5.93. The molecule has 1 amide bonds. The van der Waals surface area contributed by atoms with Crippen molar-refractivity contribution in [2.24, 2.45) is 5.92 Å². The largest absolute Gasteiger partial charge is 0.491 e. The zero-order valence-electron chi connectivity index (χ0n) is 12.5. The fourth-order valence-electron chi connectivity index (χ4n) is 2.48. The molecule has 2 aliphatic rings. The second-order valence-electron chi connectivity index (χ2n) is 6.10. The molecule has 21 heavy (non-hydrogen) atoms. The van der Waals surface area contributed by atoms with Crippen molar-refractivity contribution in [2.75, 3.05) is 45.6 Å². The van der Waals surface area contributed by atoms with Gasteiger partial charge in [-0.05, 0) is 44.0 Å². The smallest absolute Gasteiger partial charge is 0.254 e. The third-order valence-corrected chi connectivity index (χ3v) is 4.22. The Morgan fingerprint density at radius 1 is 1.29 bits per heavy atom. The molecular formula is C16H23N3O2. The van der Waals surface area contributed by atoms with E-state index < -0.39 is 0 Å². The number of rotatable bonds is 4. The van der Waals surface area contributed by atoms with Crippen LogP contribution in [0.1, 0.15) is 23.2 Å². The highest BCUT2D eigenvalue weighted by Gasteiger charge is 2.23. The van der Waals surface area contributed by atoms with E-state index in [0.717, 1.165) is 26.2 Å². The summed E-state index contributed by atoms with van der Waals surface area (Å²) in [4.78, 5) is 16.7. The number of carbonyl (C=O) groups is 1. The topological polar surface area (TPSA) is 58.8 Å². The number of carbonyl (C=O) groups excluding carboxylic acids is 1. The lowest BCUT2D eigenvalue weighted by Crippen LogP contribution is -2.47. The third-order valence-electron chi connectivity index (χ3n) is 4.22. The van der Waals surface area contributed by atoms with Gasteiger partial charge in [0.15, 0.2) is 0 Å². The van der Waals surface area contributed by atoms with Crippen LogP contribution in [-0.4, -0.2) is 55.5 Å². The molecule has 1 heterocycles. The summed E-state index contributed by atoms with van der Waals surface area (Å²) in [5.74, 6) is 1.38. The number of benzene rings is 1. The van der Waals surface area contributed by atoms with Crippen LogP contribution in [-0.2, 0) is 0 Å². The molecule has 1 saturated heterocycles. The Morgan fingerprint density at radius 2 is 2.00 bits per heavy atom. The Morgan fingerprint density at radius 3 is 2.67 bits per heavy atom. The van der Waals surface area contributed by atoms with E-state index in [2.05, 4.69) is 11.9 Å². The molecule has 5 nitrogen and oxygen atoms in total. The van der Waals surface area contributed by atoms with Crippen molar-refractivity contribution < 1.29 is 9.53 Å². The van der Waals surface area contributed by atoms with E-state index >= 15 is 0 Å². The number of hydrogen-bond acceptors (Lipinski definition) is 4. The first-order valence-corrected chi connectivity index (χ1v) is 7.63. The van der Waals surface area contributed by atoms with Crippen molar-refractivity contribution in [3.05, 3.63) is 23.8 Å². The molecule has 0 spiro atoms. The number of nitrogens with zero attached hydrogens (tertiary/aromatic N) is 2. The maximum absolute atomic E-state index is 12.5. The van der Waals surface area contributed by atoms with Gasteiger partial charge in [-0.3, -0.25) is 4.79 Å². The Kier molecular flexibility index (Phi) is 4.01. The van der Waals surface area contributed by atoms with Gasteiger partial charge in [0, 0.05) is 31.7 Å². The molecule has 1 saturated carbocycles. The Balaban J connectivity index is 1.68. The van der Waals surface area contributed by atoms with E-state index in [9.17, 15) is 4.79 Å². The molecule has 0 bridgehead atoms. The van der Waals surface area contributed by atoms with Crippen molar-refractivity contribution >= 4 is 11.6 Å². The van der Waals surface area contributed by atoms with Crippen LogP contribution in [0.4, 0.5) is 5.69 Å². The molecule has 0 aromatic heterocycles. The SMILES string of the molecule is CN1CCN(C(=O)c2ccc(N)c(OCC3CC3)c2)CC1. The van der Waals surface area contributed by atoms with E-state index in [1.807, 2.05) is 4.90 Å². The van der Waals surface area contributed by atoms with E-state index in [-0.39, 0.29) is 5.91 Å². The highest BCUT2D eigenvalue weighted by molar-refractivity contribution is 5.95. The summed E-state index contributed by atoms with van der Waals surface area (Å²) in [6.45, 7) is 4.10. The summed E-state index contributed by atoms with van der Waals surface area (Å²) < 4.78 is 5.75. The number of ether oxygens (including phenoxy) is 1. The minimum absolute atomic E-state index is 0.0689. The quantitative estimate of drug-likeness (QED) is 0.852. The van der Waals surface area contributed by atoms with Crippen LogP contribution in [0.15, 0.2) is 18.2 Å². The van der Waals surface area contributed by atoms with E-state index in [4.69, 9.17) is 10.5 Å². The standard InChI is InChI=1S/C16H23N3O2/c1-18-6-8-19(9-7-18)16(20)13-4-5-14(17)15(10-13)21-11-12-2-3-12/h4-5,10,12H,2-3,6-9,11,17H2,1H3. The fourth-order valence-corrected chi connectivity index (χ4v) is 2.48. The molecule has 1 aliphatic carbocycles. The molecule has 2 fully saturated rings. The lowest BCUT2D eigenvalue weighted by Gasteiger charge is -2.32. The lowest BCUT2D eigenvalue weighted by molar-refractivity contribution is 0.0663. The fraction of sp³-hybridized carbons (Fsp3) is 0.562. The number of hydrogen-bond donors (Lipinski definition) is 1. The molecule has 1 aromatic carbocycles. The van der Waals surface area contributed by atoms with Crippen molar-refractivity contribution in [3.8, 4) is 5.75 Å². The van der Waals surface area contributed by atoms with Crippen molar-refractivity contribution in [3.63, 3.8) is 0 Å². The van der Waals surface area contributed by atoms with Crippen molar-refractivity contribution in [2.45, 2.75) is 12.8 Å². The molecule has 0 radical (unpaired) electrons. The lowest BCUT2D eigenvalue weighted by atomic mass is 10.1. The average Bonchev–Trinajstić information content (AvgIpc) is 3.31. The van der Waals surface area contributed by atoms with Gasteiger partial charge in [-0.1, -0.05) is 0 Å². The first kappa shape index (κ1) is 14.2. The van der Waals surface area contributed by atoms with Crippen LogP contribution < -0.4 is 10.5 Å². The minimum Gasteiger partial charge on any atom is -0.491 e. The number of piperazine rings is 1. The average molecular weight is 289 g/mol. The van der Waals surface area contributed by atoms with E-state index in [0.29, 0.717) is 29.5 Å². The van der Waals surface area contributed by atoms with Gasteiger partial charge in [0.25, 0.3) is 5.91 Å². The maximum Gasteiger partial charge on any atom is 0.254 e. The highest BCUT2D eigenvalue weighted by atomic mass is 16.5. The summed E-state index contributed by atoms with van der Waals surface area (Å²) in [5, 5.41) is 0. The van der Waals surface area contributed by atoms with Gasteiger partial charge in [-0.25, -0.2) is 0 Å². The molecule has 0 atom stereocenters. The number of nitrogen functional groups attached to an aromatic ring is 1. The van der Waals surface area contributed by atoms with Crippen LogP contribution in [0.3, 0.4) is 0 Å². The van der Waals surface area contributed by atoms with Gasteiger partial charge in [0.05, 0.1) is 12.3 Å². The van der Waals surface area contributed by atoms with Crippen molar-refractivity contribution in [1.29, 1.82) is 0 Å². The van der Waals surface area contributed by atoms with Gasteiger partial charge in [0.1, 0.15) is 5.75 Å². The molecule has 0 unspecified atom stereocenters. The van der Waals surface area contributed by atoms with Crippen molar-refractivity contribution in [1.82, 2.24) is 9.80 Å². The van der Waals surface area contributed by atoms with Gasteiger partial charge in [-0.15, -0.1) is 0 Å². The Hall–Kier alpha value is -1.75. The summed E-state index contributed by atoms with van der Waals surface area (Å²) in [6.07, 6.45) is 2.47. The zero-order chi connectivity index (χ0) is 14.8. The third kappa shape index (κ3) is 3.47. The maximum atomic E-state index is 12.5. The van der Waals surface area contributed by atoms with Crippen LogP contribution in [0, 0.1) is 5.92 Å². The summed E-state index contributed by atoms with van der Waals surface area (Å²) in [5.41, 5.74) is 7.20. The molecule has 1 aliphatic heterocycles. The summed E-state index contributed by atoms with van der Waals surface area (Å²) in [7, 11) is 2.08. The molecular weight excluding hydrogens is 266 g/mol. The van der Waals surface area contributed by atoms with Gasteiger partial charge >= 0.3 is 0 Å². The second-order valence-corrected chi connectivity index (χ2v) is 6.10. The van der Waals surface area contributed by atoms with Gasteiger partial charge in [-0.2, -0.15) is 0 Å². The first-order valence-electron chi connectivity index (χ1n) is 7.63. The molecule has 3 rings (SSSR count). The molecule has 114 valence electrons. The number of amides is 1. The number of likely N-dealkylation sites (N-methyl/N-ethyl adjacent to an activating group) is 1. The summed E-state index contributed by atoms with van der Waals surface area (Å²) >= 11 is 0. The van der Waals surface area contributed by atoms with Gasteiger partial charge in [0.2, 0.25) is 0 Å². The molecule has 5 heteroatoms. The van der Waals surface area contributed by atoms with E-state index in [1.54, 1.807) is 18.2 Å². The first-order chi connectivity index (χ1) is 10.1. The monoisotopic (exact) mass is 289 g/mol. The summed E-state index contributed by atoms with van der Waals surface area (Å²) in [6, 6.07) is 5.35. The van der Waals surface area contributed by atoms with Crippen LogP contribution in [0.2, 0.25) is 0 Å². The molecule has 2 N–H and O–H groups in total. The van der Waals surface area contributed by atoms with Crippen LogP contribution in [0.5, 0.6) is 5.75 Å². The number of anilines is 1. The Bertz CT molecular complexity index is 520. The molecule has 1 aromatic rings. The minimum atomic E-state index is 0.0689.